The van der Waals surface area contributed by atoms with Crippen LogP contribution in [0.4, 0.5) is 0 Å². The Morgan fingerprint density at radius 2 is 1.90 bits per heavy atom. The molecule has 0 heterocycles. The van der Waals surface area contributed by atoms with E-state index in [1.165, 1.54) is 11.1 Å². The highest BCUT2D eigenvalue weighted by atomic mass is 14.5. The normalized spacial score (nSPS) is 24.6. The molecule has 1 nitrogen and oxygen atoms in total. The van der Waals surface area contributed by atoms with Crippen molar-refractivity contribution in [3.05, 3.63) is 47.2 Å². The Labute approximate surface area is 60.2 Å². The molecule has 2 aliphatic rings. The Hall–Kier alpha value is -1.24. The van der Waals surface area contributed by atoms with Crippen LogP contribution < -0.4 is 5.73 Å². The van der Waals surface area contributed by atoms with Crippen molar-refractivity contribution in [3.63, 3.8) is 0 Å². The minimum Gasteiger partial charge on any atom is -0.399 e. The first-order valence-corrected chi connectivity index (χ1v) is 3.40. The fourth-order valence-electron chi connectivity index (χ4n) is 1.02. The lowest BCUT2D eigenvalue weighted by Gasteiger charge is -1.88. The SMILES string of the molecule is NC1=C/C=C\C2=C(C=C1)C2. The highest BCUT2D eigenvalue weighted by Crippen LogP contribution is 2.33. The van der Waals surface area contributed by atoms with Gasteiger partial charge in [0.05, 0.1) is 0 Å². The van der Waals surface area contributed by atoms with Gasteiger partial charge in [-0.2, -0.15) is 0 Å². The van der Waals surface area contributed by atoms with Gasteiger partial charge in [0.25, 0.3) is 0 Å². The Morgan fingerprint density at radius 1 is 1.10 bits per heavy atom. The van der Waals surface area contributed by atoms with Crippen molar-refractivity contribution in [3.8, 4) is 0 Å². The zero-order valence-electron chi connectivity index (χ0n) is 5.67. The van der Waals surface area contributed by atoms with E-state index in [1.807, 2.05) is 18.2 Å². The first-order valence-electron chi connectivity index (χ1n) is 3.40. The molecule has 0 saturated heterocycles. The van der Waals surface area contributed by atoms with E-state index in [1.54, 1.807) is 0 Å². The minimum atomic E-state index is 0.828. The molecule has 0 unspecified atom stereocenters. The summed E-state index contributed by atoms with van der Waals surface area (Å²) in [6, 6.07) is 0. The fourth-order valence-corrected chi connectivity index (χ4v) is 1.02. The lowest BCUT2D eigenvalue weighted by Crippen LogP contribution is -1.90. The third-order valence-electron chi connectivity index (χ3n) is 1.73. The molecule has 50 valence electrons. The number of hydrogen-bond acceptors (Lipinski definition) is 1. The molecule has 2 aliphatic carbocycles. The van der Waals surface area contributed by atoms with Gasteiger partial charge >= 0.3 is 0 Å². The van der Waals surface area contributed by atoms with Crippen molar-refractivity contribution in [2.45, 2.75) is 6.42 Å². The Balaban J connectivity index is 2.31. The molecule has 0 aromatic rings. The van der Waals surface area contributed by atoms with E-state index >= 15 is 0 Å². The van der Waals surface area contributed by atoms with E-state index in [0.717, 1.165) is 12.1 Å². The van der Waals surface area contributed by atoms with Crippen molar-refractivity contribution in [2.24, 2.45) is 5.73 Å². The fraction of sp³-hybridized carbons (Fsp3) is 0.111. The molecule has 0 radical (unpaired) electrons. The molecule has 0 spiro atoms. The molecule has 2 rings (SSSR count). The molecule has 0 atom stereocenters. The topological polar surface area (TPSA) is 26.0 Å². The molecular formula is C9H9N. The monoisotopic (exact) mass is 131 g/mol. The number of nitrogens with two attached hydrogens (primary N) is 1. The second-order valence-electron chi connectivity index (χ2n) is 2.59. The maximum absolute atomic E-state index is 5.59. The Bertz CT molecular complexity index is 273. The van der Waals surface area contributed by atoms with Gasteiger partial charge in [-0.05, 0) is 29.7 Å². The lowest BCUT2D eigenvalue weighted by atomic mass is 10.3. The van der Waals surface area contributed by atoms with Crippen LogP contribution in [-0.2, 0) is 0 Å². The number of allylic oxidation sites excluding steroid dienone is 7. The minimum absolute atomic E-state index is 0.828. The first-order chi connectivity index (χ1) is 4.86. The van der Waals surface area contributed by atoms with Crippen molar-refractivity contribution in [2.75, 3.05) is 0 Å². The highest BCUT2D eigenvalue weighted by molar-refractivity contribution is 5.53. The quantitative estimate of drug-likeness (QED) is 0.531. The van der Waals surface area contributed by atoms with Gasteiger partial charge in [0.1, 0.15) is 0 Å². The second kappa shape index (κ2) is 1.87. The molecular weight excluding hydrogens is 122 g/mol. The molecule has 10 heavy (non-hydrogen) atoms. The largest absolute Gasteiger partial charge is 0.399 e. The standard InChI is InChI=1S/C9H9N/c10-9-3-1-2-7-6-8(7)4-5-9/h1-5H,6,10H2/b2-1-,3-1?,5-4?,7-2?,8-4?,9-3?,9-5?. The van der Waals surface area contributed by atoms with Crippen molar-refractivity contribution in [1.82, 2.24) is 0 Å². The third kappa shape index (κ3) is 0.903. The maximum Gasteiger partial charge on any atom is 0.0314 e. The van der Waals surface area contributed by atoms with Gasteiger partial charge in [0.15, 0.2) is 0 Å². The van der Waals surface area contributed by atoms with Gasteiger partial charge in [-0.25, -0.2) is 0 Å². The summed E-state index contributed by atoms with van der Waals surface area (Å²) in [5.74, 6) is 0. The van der Waals surface area contributed by atoms with Crippen molar-refractivity contribution < 1.29 is 0 Å². The summed E-state index contributed by atoms with van der Waals surface area (Å²) in [7, 11) is 0. The van der Waals surface area contributed by atoms with Crippen LogP contribution in [0.1, 0.15) is 6.42 Å². The van der Waals surface area contributed by atoms with Crippen LogP contribution in [0.25, 0.3) is 0 Å². The van der Waals surface area contributed by atoms with Crippen LogP contribution in [0.5, 0.6) is 0 Å². The smallest absolute Gasteiger partial charge is 0.0314 e. The summed E-state index contributed by atoms with van der Waals surface area (Å²) in [6.45, 7) is 0. The van der Waals surface area contributed by atoms with Crippen LogP contribution in [0.3, 0.4) is 0 Å². The van der Waals surface area contributed by atoms with E-state index in [4.69, 9.17) is 5.73 Å². The van der Waals surface area contributed by atoms with Crippen molar-refractivity contribution >= 4 is 0 Å². The van der Waals surface area contributed by atoms with Gasteiger partial charge < -0.3 is 5.73 Å². The molecule has 0 bridgehead atoms. The predicted molar refractivity (Wildman–Crippen MR) is 42.2 cm³/mol. The Morgan fingerprint density at radius 3 is 2.80 bits per heavy atom. The third-order valence-corrected chi connectivity index (χ3v) is 1.73. The second-order valence-corrected chi connectivity index (χ2v) is 2.59. The first kappa shape index (κ1) is 5.54. The molecule has 0 aromatic carbocycles. The van der Waals surface area contributed by atoms with Crippen LogP contribution in [0.15, 0.2) is 47.2 Å². The molecule has 0 aromatic heterocycles. The molecule has 0 aliphatic heterocycles. The molecule has 0 saturated carbocycles. The van der Waals surface area contributed by atoms with Gasteiger partial charge in [-0.1, -0.05) is 18.2 Å². The van der Waals surface area contributed by atoms with Crippen molar-refractivity contribution in [1.29, 1.82) is 0 Å². The van der Waals surface area contributed by atoms with Gasteiger partial charge in [0, 0.05) is 5.70 Å². The number of rotatable bonds is 0. The number of hydrogen-bond donors (Lipinski definition) is 1. The lowest BCUT2D eigenvalue weighted by molar-refractivity contribution is 1.42. The summed E-state index contributed by atoms with van der Waals surface area (Å²) in [5.41, 5.74) is 9.28. The van der Waals surface area contributed by atoms with E-state index in [-0.39, 0.29) is 0 Å². The van der Waals surface area contributed by atoms with E-state index in [0.29, 0.717) is 0 Å². The van der Waals surface area contributed by atoms with Crippen LogP contribution in [0, 0.1) is 0 Å². The van der Waals surface area contributed by atoms with Crippen LogP contribution >= 0.6 is 0 Å². The summed E-state index contributed by atoms with van der Waals surface area (Å²) in [4.78, 5) is 0. The van der Waals surface area contributed by atoms with E-state index in [2.05, 4.69) is 12.2 Å². The van der Waals surface area contributed by atoms with Gasteiger partial charge in [-0.3, -0.25) is 0 Å². The zero-order chi connectivity index (χ0) is 6.97. The average Bonchev–Trinajstić information content (AvgIpc) is 2.59. The summed E-state index contributed by atoms with van der Waals surface area (Å²) in [5, 5.41) is 0. The van der Waals surface area contributed by atoms with Gasteiger partial charge in [-0.15, -0.1) is 0 Å². The van der Waals surface area contributed by atoms with E-state index in [9.17, 15) is 0 Å². The van der Waals surface area contributed by atoms with Gasteiger partial charge in [0.2, 0.25) is 0 Å². The zero-order valence-corrected chi connectivity index (χ0v) is 5.67. The molecule has 0 amide bonds. The summed E-state index contributed by atoms with van der Waals surface area (Å²) >= 11 is 0. The predicted octanol–water partition coefficient (Wildman–Crippen LogP) is 1.66. The summed E-state index contributed by atoms with van der Waals surface area (Å²) < 4.78 is 0. The maximum atomic E-state index is 5.59. The molecule has 0 fully saturated rings. The average molecular weight is 131 g/mol. The van der Waals surface area contributed by atoms with Crippen LogP contribution in [0.2, 0.25) is 0 Å². The Kier molecular flexibility index (Phi) is 1.04. The van der Waals surface area contributed by atoms with Crippen LogP contribution in [-0.4, -0.2) is 0 Å². The summed E-state index contributed by atoms with van der Waals surface area (Å²) in [6.07, 6.45) is 11.2. The highest BCUT2D eigenvalue weighted by Gasteiger charge is 2.15. The molecule has 1 heteroatoms. The molecule has 2 N–H and O–H groups in total. The van der Waals surface area contributed by atoms with E-state index < -0.39 is 0 Å².